The number of ether oxygens (including phenoxy) is 2. The van der Waals surface area contributed by atoms with Crippen molar-refractivity contribution in [1.29, 1.82) is 0 Å². The summed E-state index contributed by atoms with van der Waals surface area (Å²) in [6.45, 7) is 2.20. The lowest BCUT2D eigenvalue weighted by Gasteiger charge is -2.14. The lowest BCUT2D eigenvalue weighted by atomic mass is 10.0. The van der Waals surface area contributed by atoms with Crippen LogP contribution in [0.2, 0.25) is 0 Å². The van der Waals surface area contributed by atoms with Gasteiger partial charge in [0.15, 0.2) is 0 Å². The largest absolute Gasteiger partial charge is 0.496 e. The van der Waals surface area contributed by atoms with Crippen LogP contribution in [0, 0.1) is 0 Å². The molecule has 0 heterocycles. The van der Waals surface area contributed by atoms with Crippen molar-refractivity contribution in [3.8, 4) is 11.5 Å². The number of hydrogen-bond acceptors (Lipinski definition) is 2. The van der Waals surface area contributed by atoms with Gasteiger partial charge in [0.25, 0.3) is 0 Å². The molecule has 2 rings (SSSR count). The maximum Gasteiger partial charge on any atom is 0.133 e. The van der Waals surface area contributed by atoms with Gasteiger partial charge in [0.1, 0.15) is 11.5 Å². The molecule has 0 aliphatic rings. The minimum Gasteiger partial charge on any atom is -0.496 e. The molecule has 0 saturated carbocycles. The third-order valence-corrected chi connectivity index (χ3v) is 3.26. The molecule has 0 aliphatic heterocycles. The molecule has 2 nitrogen and oxygen atoms in total. The Morgan fingerprint density at radius 1 is 1.00 bits per heavy atom. The predicted octanol–water partition coefficient (Wildman–Crippen LogP) is 4.20. The smallest absolute Gasteiger partial charge is 0.133 e. The summed E-state index contributed by atoms with van der Waals surface area (Å²) in [6.07, 6.45) is 3.41. The molecular weight excluding hydrogens is 224 g/mol. The van der Waals surface area contributed by atoms with E-state index in [1.165, 1.54) is 18.4 Å². The molecule has 0 atom stereocenters. The molecule has 0 amide bonds. The number of methoxy groups -OCH3 is 2. The fourth-order valence-electron chi connectivity index (χ4n) is 2.32. The fourth-order valence-corrected chi connectivity index (χ4v) is 2.32. The van der Waals surface area contributed by atoms with Crippen LogP contribution in [-0.4, -0.2) is 14.2 Å². The Morgan fingerprint density at radius 3 is 2.50 bits per heavy atom. The van der Waals surface area contributed by atoms with Gasteiger partial charge in [0, 0.05) is 0 Å². The summed E-state index contributed by atoms with van der Waals surface area (Å²) in [5, 5.41) is 2.24. The Labute approximate surface area is 109 Å². The summed E-state index contributed by atoms with van der Waals surface area (Å²) >= 11 is 0. The molecule has 0 spiro atoms. The van der Waals surface area contributed by atoms with Gasteiger partial charge >= 0.3 is 0 Å². The normalized spacial score (nSPS) is 10.6. The van der Waals surface area contributed by atoms with Crippen molar-refractivity contribution in [2.75, 3.05) is 14.2 Å². The van der Waals surface area contributed by atoms with Gasteiger partial charge in [-0.1, -0.05) is 37.6 Å². The maximum absolute atomic E-state index is 5.62. The highest BCUT2D eigenvalue weighted by Gasteiger charge is 2.11. The first-order chi connectivity index (χ1) is 8.81. The van der Waals surface area contributed by atoms with Gasteiger partial charge in [-0.25, -0.2) is 0 Å². The van der Waals surface area contributed by atoms with Gasteiger partial charge < -0.3 is 9.47 Å². The molecule has 2 aromatic rings. The number of benzene rings is 2. The van der Waals surface area contributed by atoms with E-state index in [-0.39, 0.29) is 0 Å². The molecule has 2 heteroatoms. The van der Waals surface area contributed by atoms with E-state index in [1.54, 1.807) is 14.2 Å². The molecule has 0 N–H and O–H groups in total. The summed E-state index contributed by atoms with van der Waals surface area (Å²) in [4.78, 5) is 0. The SMILES string of the molecule is CCCCc1ccc2cccc(OC)c2c1OC. The zero-order valence-corrected chi connectivity index (χ0v) is 11.3. The van der Waals surface area contributed by atoms with Gasteiger partial charge in [-0.15, -0.1) is 0 Å². The average Bonchev–Trinajstić information content (AvgIpc) is 2.43. The first kappa shape index (κ1) is 12.7. The Morgan fingerprint density at radius 2 is 1.83 bits per heavy atom. The van der Waals surface area contributed by atoms with Gasteiger partial charge in [0.2, 0.25) is 0 Å². The van der Waals surface area contributed by atoms with Gasteiger partial charge in [-0.05, 0) is 29.9 Å². The van der Waals surface area contributed by atoms with Crippen LogP contribution in [0.15, 0.2) is 30.3 Å². The average molecular weight is 244 g/mol. The van der Waals surface area contributed by atoms with Crippen LogP contribution in [0.3, 0.4) is 0 Å². The standard InChI is InChI=1S/C16H20O2/c1-4-5-7-13-11-10-12-8-6-9-14(17-2)15(12)16(13)18-3/h6,8-11H,4-5,7H2,1-3H3. The zero-order valence-electron chi connectivity index (χ0n) is 11.3. The van der Waals surface area contributed by atoms with Crippen molar-refractivity contribution < 1.29 is 9.47 Å². The van der Waals surface area contributed by atoms with Crippen LogP contribution >= 0.6 is 0 Å². The Kier molecular flexibility index (Phi) is 4.08. The van der Waals surface area contributed by atoms with Crippen LogP contribution in [-0.2, 0) is 6.42 Å². The third kappa shape index (κ3) is 2.28. The van der Waals surface area contributed by atoms with Gasteiger partial charge in [0.05, 0.1) is 19.6 Å². The molecule has 0 fully saturated rings. The maximum atomic E-state index is 5.62. The Bertz CT molecular complexity index is 532. The summed E-state index contributed by atoms with van der Waals surface area (Å²) in [7, 11) is 3.43. The van der Waals surface area contributed by atoms with Crippen LogP contribution in [0.25, 0.3) is 10.8 Å². The fraction of sp³-hybridized carbons (Fsp3) is 0.375. The topological polar surface area (TPSA) is 18.5 Å². The molecule has 0 saturated heterocycles. The zero-order chi connectivity index (χ0) is 13.0. The van der Waals surface area contributed by atoms with E-state index in [0.29, 0.717) is 0 Å². The molecular formula is C16H20O2. The number of unbranched alkanes of at least 4 members (excludes halogenated alkanes) is 1. The van der Waals surface area contributed by atoms with Crippen LogP contribution < -0.4 is 9.47 Å². The first-order valence-electron chi connectivity index (χ1n) is 6.44. The summed E-state index contributed by atoms with van der Waals surface area (Å²) in [5.74, 6) is 1.83. The van der Waals surface area contributed by atoms with Gasteiger partial charge in [-0.3, -0.25) is 0 Å². The van der Waals surface area contributed by atoms with Crippen molar-refractivity contribution in [3.05, 3.63) is 35.9 Å². The summed E-state index contributed by atoms with van der Waals surface area (Å²) < 4.78 is 11.1. The number of hydrogen-bond donors (Lipinski definition) is 0. The second-order valence-corrected chi connectivity index (χ2v) is 4.42. The second kappa shape index (κ2) is 5.76. The van der Waals surface area contributed by atoms with Crippen molar-refractivity contribution in [3.63, 3.8) is 0 Å². The number of aryl methyl sites for hydroxylation is 1. The highest BCUT2D eigenvalue weighted by Crippen LogP contribution is 2.37. The van der Waals surface area contributed by atoms with E-state index in [4.69, 9.17) is 9.47 Å². The van der Waals surface area contributed by atoms with Crippen molar-refractivity contribution >= 4 is 10.8 Å². The van der Waals surface area contributed by atoms with E-state index in [2.05, 4.69) is 25.1 Å². The highest BCUT2D eigenvalue weighted by atomic mass is 16.5. The van der Waals surface area contributed by atoms with E-state index in [0.717, 1.165) is 28.7 Å². The lowest BCUT2D eigenvalue weighted by molar-refractivity contribution is 0.402. The van der Waals surface area contributed by atoms with Crippen LogP contribution in [0.4, 0.5) is 0 Å². The molecule has 0 bridgehead atoms. The molecule has 0 radical (unpaired) electrons. The van der Waals surface area contributed by atoms with E-state index < -0.39 is 0 Å². The van der Waals surface area contributed by atoms with Crippen LogP contribution in [0.5, 0.6) is 11.5 Å². The van der Waals surface area contributed by atoms with Gasteiger partial charge in [-0.2, -0.15) is 0 Å². The van der Waals surface area contributed by atoms with Crippen molar-refractivity contribution in [2.45, 2.75) is 26.2 Å². The molecule has 0 unspecified atom stereocenters. The molecule has 96 valence electrons. The molecule has 0 aromatic heterocycles. The third-order valence-electron chi connectivity index (χ3n) is 3.26. The molecule has 0 aliphatic carbocycles. The quantitative estimate of drug-likeness (QED) is 0.784. The second-order valence-electron chi connectivity index (χ2n) is 4.42. The summed E-state index contributed by atoms with van der Waals surface area (Å²) in [5.41, 5.74) is 1.26. The monoisotopic (exact) mass is 244 g/mol. The van der Waals surface area contributed by atoms with Crippen LogP contribution in [0.1, 0.15) is 25.3 Å². The van der Waals surface area contributed by atoms with E-state index in [9.17, 15) is 0 Å². The van der Waals surface area contributed by atoms with Crippen molar-refractivity contribution in [2.24, 2.45) is 0 Å². The Balaban J connectivity index is 2.61. The Hall–Kier alpha value is -1.70. The first-order valence-corrected chi connectivity index (χ1v) is 6.44. The lowest BCUT2D eigenvalue weighted by Crippen LogP contribution is -1.95. The minimum absolute atomic E-state index is 0.877. The predicted molar refractivity (Wildman–Crippen MR) is 75.7 cm³/mol. The van der Waals surface area contributed by atoms with E-state index in [1.807, 2.05) is 12.1 Å². The highest BCUT2D eigenvalue weighted by molar-refractivity contribution is 5.94. The number of fused-ring (bicyclic) bond motifs is 1. The van der Waals surface area contributed by atoms with E-state index >= 15 is 0 Å². The molecule has 18 heavy (non-hydrogen) atoms. The summed E-state index contributed by atoms with van der Waals surface area (Å²) in [6, 6.07) is 10.4. The van der Waals surface area contributed by atoms with Crippen molar-refractivity contribution in [1.82, 2.24) is 0 Å². The molecule has 2 aromatic carbocycles. The minimum atomic E-state index is 0.877. The number of rotatable bonds is 5.